The van der Waals surface area contributed by atoms with Crippen molar-refractivity contribution in [2.24, 2.45) is 0 Å². The summed E-state index contributed by atoms with van der Waals surface area (Å²) < 4.78 is 12.4. The monoisotopic (exact) mass is 212 g/mol. The lowest BCUT2D eigenvalue weighted by atomic mass is 9.97. The minimum absolute atomic E-state index is 0.00926. The molecule has 0 aliphatic heterocycles. The Bertz CT molecular complexity index is 426. The number of alkyl halides is 1. The third-order valence-electron chi connectivity index (χ3n) is 2.14. The smallest absolute Gasteiger partial charge is 0.336 e. The van der Waals surface area contributed by atoms with Crippen LogP contribution in [0.1, 0.15) is 31.8 Å². The van der Waals surface area contributed by atoms with E-state index in [2.05, 4.69) is 0 Å². The number of benzene rings is 1. The first-order valence-corrected chi connectivity index (χ1v) is 4.14. The summed E-state index contributed by atoms with van der Waals surface area (Å²) in [6, 6.07) is 2.39. The van der Waals surface area contributed by atoms with Gasteiger partial charge in [0.2, 0.25) is 0 Å². The van der Waals surface area contributed by atoms with E-state index in [0.29, 0.717) is 0 Å². The van der Waals surface area contributed by atoms with E-state index in [9.17, 15) is 14.0 Å². The van der Waals surface area contributed by atoms with Gasteiger partial charge in [-0.05, 0) is 24.1 Å². The van der Waals surface area contributed by atoms with E-state index in [1.54, 1.807) is 0 Å². The minimum atomic E-state index is -1.32. The molecule has 0 amide bonds. The molecule has 4 nitrogen and oxygen atoms in total. The second-order valence-electron chi connectivity index (χ2n) is 3.02. The molecule has 1 rings (SSSR count). The van der Waals surface area contributed by atoms with Crippen molar-refractivity contribution in [2.45, 2.75) is 13.6 Å². The lowest BCUT2D eigenvalue weighted by molar-refractivity contribution is 0.0694. The average Bonchev–Trinajstić information content (AvgIpc) is 2.15. The fourth-order valence-electron chi connectivity index (χ4n) is 1.41. The molecule has 0 aromatic heterocycles. The van der Waals surface area contributed by atoms with Crippen molar-refractivity contribution in [3.8, 4) is 0 Å². The van der Waals surface area contributed by atoms with Crippen LogP contribution in [-0.2, 0) is 6.67 Å². The van der Waals surface area contributed by atoms with Gasteiger partial charge >= 0.3 is 11.9 Å². The second-order valence-corrected chi connectivity index (χ2v) is 3.02. The van der Waals surface area contributed by atoms with Crippen LogP contribution < -0.4 is 0 Å². The standard InChI is InChI=1S/C10H9FO4/c1-5-7(9(12)13)3-2-6(4-11)8(5)10(14)15/h2-3H,4H2,1H3,(H,12,13)(H,14,15). The molecule has 0 aliphatic carbocycles. The highest BCUT2D eigenvalue weighted by atomic mass is 19.1. The van der Waals surface area contributed by atoms with E-state index in [4.69, 9.17) is 10.2 Å². The molecule has 0 atom stereocenters. The number of halogens is 1. The number of carbonyl (C=O) groups is 2. The Labute approximate surface area is 85.0 Å². The maximum atomic E-state index is 12.4. The van der Waals surface area contributed by atoms with Crippen molar-refractivity contribution in [1.29, 1.82) is 0 Å². The van der Waals surface area contributed by atoms with Gasteiger partial charge in [-0.15, -0.1) is 0 Å². The number of carboxylic acids is 2. The van der Waals surface area contributed by atoms with E-state index < -0.39 is 18.6 Å². The highest BCUT2D eigenvalue weighted by Gasteiger charge is 2.18. The van der Waals surface area contributed by atoms with Crippen molar-refractivity contribution >= 4 is 11.9 Å². The molecular weight excluding hydrogens is 203 g/mol. The van der Waals surface area contributed by atoms with Crippen LogP contribution in [0.25, 0.3) is 0 Å². The van der Waals surface area contributed by atoms with E-state index in [1.165, 1.54) is 19.1 Å². The largest absolute Gasteiger partial charge is 0.478 e. The first-order chi connectivity index (χ1) is 6.99. The number of hydrogen-bond donors (Lipinski definition) is 2. The first kappa shape index (κ1) is 11.2. The topological polar surface area (TPSA) is 74.6 Å². The van der Waals surface area contributed by atoms with Gasteiger partial charge in [0.1, 0.15) is 6.67 Å². The molecule has 15 heavy (non-hydrogen) atoms. The lowest BCUT2D eigenvalue weighted by Crippen LogP contribution is -2.10. The van der Waals surface area contributed by atoms with Crippen LogP contribution in [-0.4, -0.2) is 22.2 Å². The van der Waals surface area contributed by atoms with Crippen molar-refractivity contribution in [1.82, 2.24) is 0 Å². The van der Waals surface area contributed by atoms with Crippen LogP contribution in [0.15, 0.2) is 12.1 Å². The quantitative estimate of drug-likeness (QED) is 0.801. The number of rotatable bonds is 3. The summed E-state index contributed by atoms with van der Waals surface area (Å²) in [6.45, 7) is 0.425. The predicted molar refractivity (Wildman–Crippen MR) is 49.9 cm³/mol. The van der Waals surface area contributed by atoms with E-state index in [1.807, 2.05) is 0 Å². The minimum Gasteiger partial charge on any atom is -0.478 e. The summed E-state index contributed by atoms with van der Waals surface area (Å²) in [6.07, 6.45) is 0. The molecule has 2 N–H and O–H groups in total. The highest BCUT2D eigenvalue weighted by molar-refractivity contribution is 5.97. The Morgan fingerprint density at radius 2 is 1.87 bits per heavy atom. The Kier molecular flexibility index (Phi) is 3.04. The van der Waals surface area contributed by atoms with Crippen LogP contribution in [0.5, 0.6) is 0 Å². The molecule has 0 heterocycles. The predicted octanol–water partition coefficient (Wildman–Crippen LogP) is 1.86. The second kappa shape index (κ2) is 4.08. The molecule has 0 fully saturated rings. The fraction of sp³-hybridized carbons (Fsp3) is 0.200. The summed E-state index contributed by atoms with van der Waals surface area (Å²) >= 11 is 0. The summed E-state index contributed by atoms with van der Waals surface area (Å²) in [5, 5.41) is 17.6. The lowest BCUT2D eigenvalue weighted by Gasteiger charge is -2.08. The van der Waals surface area contributed by atoms with Gasteiger partial charge in [0, 0.05) is 0 Å². The zero-order valence-corrected chi connectivity index (χ0v) is 7.95. The molecule has 0 saturated carbocycles. The van der Waals surface area contributed by atoms with Gasteiger partial charge in [-0.2, -0.15) is 0 Å². The molecule has 80 valence electrons. The Hall–Kier alpha value is -1.91. The summed E-state index contributed by atoms with van der Waals surface area (Å²) in [5.41, 5.74) is -0.322. The third-order valence-corrected chi connectivity index (χ3v) is 2.14. The normalized spacial score (nSPS) is 10.0. The summed E-state index contributed by atoms with van der Waals surface area (Å²) in [5.74, 6) is -2.54. The van der Waals surface area contributed by atoms with Gasteiger partial charge in [-0.25, -0.2) is 14.0 Å². The van der Waals surface area contributed by atoms with Crippen LogP contribution >= 0.6 is 0 Å². The van der Waals surface area contributed by atoms with Gasteiger partial charge in [0.25, 0.3) is 0 Å². The molecule has 1 aromatic carbocycles. The Balaban J connectivity index is 3.49. The van der Waals surface area contributed by atoms with Gasteiger partial charge in [0.05, 0.1) is 11.1 Å². The van der Waals surface area contributed by atoms with Crippen molar-refractivity contribution in [3.05, 3.63) is 34.4 Å². The Morgan fingerprint density at radius 1 is 1.27 bits per heavy atom. The van der Waals surface area contributed by atoms with Crippen LogP contribution in [0.3, 0.4) is 0 Å². The van der Waals surface area contributed by atoms with Crippen LogP contribution in [0.2, 0.25) is 0 Å². The first-order valence-electron chi connectivity index (χ1n) is 4.14. The molecule has 0 spiro atoms. The van der Waals surface area contributed by atoms with Crippen molar-refractivity contribution in [2.75, 3.05) is 0 Å². The molecule has 0 unspecified atom stereocenters. The highest BCUT2D eigenvalue weighted by Crippen LogP contribution is 2.19. The maximum Gasteiger partial charge on any atom is 0.336 e. The van der Waals surface area contributed by atoms with Crippen LogP contribution in [0, 0.1) is 6.92 Å². The SMILES string of the molecule is Cc1c(C(=O)O)ccc(CF)c1C(=O)O. The van der Waals surface area contributed by atoms with E-state index in [-0.39, 0.29) is 22.3 Å². The molecule has 5 heteroatoms. The summed E-state index contributed by atoms with van der Waals surface area (Å²) in [7, 11) is 0. The van der Waals surface area contributed by atoms with E-state index >= 15 is 0 Å². The fourth-order valence-corrected chi connectivity index (χ4v) is 1.41. The molecule has 0 aliphatic rings. The van der Waals surface area contributed by atoms with Gasteiger partial charge in [0.15, 0.2) is 0 Å². The Morgan fingerprint density at radius 3 is 2.27 bits per heavy atom. The molecule has 0 radical (unpaired) electrons. The summed E-state index contributed by atoms with van der Waals surface area (Å²) in [4.78, 5) is 21.5. The number of hydrogen-bond acceptors (Lipinski definition) is 2. The van der Waals surface area contributed by atoms with E-state index in [0.717, 1.165) is 0 Å². The number of aromatic carboxylic acids is 2. The third kappa shape index (κ3) is 1.96. The molecular formula is C10H9FO4. The van der Waals surface area contributed by atoms with Crippen molar-refractivity contribution in [3.63, 3.8) is 0 Å². The zero-order chi connectivity index (χ0) is 11.6. The molecule has 1 aromatic rings. The molecule has 0 saturated heterocycles. The average molecular weight is 212 g/mol. The number of carboxylic acid groups (broad SMARTS) is 2. The van der Waals surface area contributed by atoms with Gasteiger partial charge in [-0.1, -0.05) is 6.07 Å². The maximum absolute atomic E-state index is 12.4. The van der Waals surface area contributed by atoms with Gasteiger partial charge < -0.3 is 10.2 Å². The zero-order valence-electron chi connectivity index (χ0n) is 7.95. The van der Waals surface area contributed by atoms with Crippen molar-refractivity contribution < 1.29 is 24.2 Å². The van der Waals surface area contributed by atoms with Crippen LogP contribution in [0.4, 0.5) is 4.39 Å². The van der Waals surface area contributed by atoms with Gasteiger partial charge in [-0.3, -0.25) is 0 Å². The molecule has 0 bridgehead atoms.